The Balaban J connectivity index is 1.52. The van der Waals surface area contributed by atoms with Crippen LogP contribution in [-0.2, 0) is 0 Å². The number of anilines is 2. The van der Waals surface area contributed by atoms with Gasteiger partial charge >= 0.3 is 0 Å². The monoisotopic (exact) mass is 358 g/mol. The van der Waals surface area contributed by atoms with Crippen LogP contribution in [0.2, 0.25) is 0 Å². The maximum absolute atomic E-state index is 13.8. The molecule has 1 unspecified atom stereocenters. The van der Waals surface area contributed by atoms with Gasteiger partial charge in [0, 0.05) is 25.8 Å². The zero-order valence-corrected chi connectivity index (χ0v) is 14.4. The van der Waals surface area contributed by atoms with Crippen LogP contribution in [0.5, 0.6) is 0 Å². The van der Waals surface area contributed by atoms with Crippen LogP contribution < -0.4 is 16.0 Å². The van der Waals surface area contributed by atoms with Crippen LogP contribution in [-0.4, -0.2) is 40.1 Å². The van der Waals surface area contributed by atoms with Gasteiger partial charge in [0.05, 0.1) is 16.6 Å². The Hall–Kier alpha value is -2.74. The van der Waals surface area contributed by atoms with E-state index in [1.54, 1.807) is 0 Å². The highest BCUT2D eigenvalue weighted by Crippen LogP contribution is 2.31. The van der Waals surface area contributed by atoms with Crippen molar-refractivity contribution in [3.8, 4) is 0 Å². The molecule has 1 fully saturated rings. The van der Waals surface area contributed by atoms with Gasteiger partial charge in [0.15, 0.2) is 11.6 Å². The molecule has 8 heteroatoms. The normalized spacial score (nSPS) is 20.1. The molecule has 1 saturated heterocycles. The Morgan fingerprint density at radius 2 is 2.19 bits per heavy atom. The number of halogens is 2. The first-order chi connectivity index (χ1) is 12.5. The van der Waals surface area contributed by atoms with Gasteiger partial charge < -0.3 is 20.9 Å². The molecular formula is C18H20F2N6. The predicted molar refractivity (Wildman–Crippen MR) is 97.2 cm³/mol. The first kappa shape index (κ1) is 16.7. The number of aromatic nitrogens is 3. The molecule has 3 heterocycles. The minimum absolute atomic E-state index is 0.124. The van der Waals surface area contributed by atoms with E-state index in [-0.39, 0.29) is 5.69 Å². The van der Waals surface area contributed by atoms with E-state index in [9.17, 15) is 8.78 Å². The van der Waals surface area contributed by atoms with Gasteiger partial charge in [0.1, 0.15) is 17.8 Å². The van der Waals surface area contributed by atoms with Crippen LogP contribution in [0.1, 0.15) is 12.0 Å². The SMILES string of the molecule is Cc1c[nH]c2ncnc(N3CCC(N)(CNc4cccc(F)c4F)C3)c12. The molecule has 1 aliphatic heterocycles. The number of hydrogen-bond acceptors (Lipinski definition) is 5. The second kappa shape index (κ2) is 6.21. The number of aryl methyl sites for hydroxylation is 1. The van der Waals surface area contributed by atoms with Gasteiger partial charge in [0.2, 0.25) is 0 Å². The van der Waals surface area contributed by atoms with Gasteiger partial charge in [-0.25, -0.2) is 18.7 Å². The molecule has 0 radical (unpaired) electrons. The minimum atomic E-state index is -0.883. The van der Waals surface area contributed by atoms with Crippen molar-refractivity contribution in [1.82, 2.24) is 15.0 Å². The summed E-state index contributed by atoms with van der Waals surface area (Å²) < 4.78 is 27.2. The molecule has 0 aliphatic carbocycles. The van der Waals surface area contributed by atoms with Crippen molar-refractivity contribution >= 4 is 22.5 Å². The summed E-state index contributed by atoms with van der Waals surface area (Å²) in [4.78, 5) is 13.9. The van der Waals surface area contributed by atoms with E-state index in [4.69, 9.17) is 5.73 Å². The molecule has 0 saturated carbocycles. The summed E-state index contributed by atoms with van der Waals surface area (Å²) in [6.07, 6.45) is 4.15. The lowest BCUT2D eigenvalue weighted by atomic mass is 10.00. The van der Waals surface area contributed by atoms with Crippen LogP contribution in [0, 0.1) is 18.6 Å². The molecule has 0 bridgehead atoms. The Morgan fingerprint density at radius 3 is 3.04 bits per heavy atom. The topological polar surface area (TPSA) is 82.9 Å². The fraction of sp³-hybridized carbons (Fsp3) is 0.333. The summed E-state index contributed by atoms with van der Waals surface area (Å²) in [5.41, 5.74) is 7.93. The summed E-state index contributed by atoms with van der Waals surface area (Å²) in [5.74, 6) is -0.912. The van der Waals surface area contributed by atoms with Crippen LogP contribution in [0.4, 0.5) is 20.3 Å². The number of hydrogen-bond donors (Lipinski definition) is 3. The molecular weight excluding hydrogens is 338 g/mol. The largest absolute Gasteiger partial charge is 0.381 e. The summed E-state index contributed by atoms with van der Waals surface area (Å²) in [6, 6.07) is 4.07. The number of nitrogens with zero attached hydrogens (tertiary/aromatic N) is 3. The van der Waals surface area contributed by atoms with Gasteiger partial charge in [-0.2, -0.15) is 0 Å². The highest BCUT2D eigenvalue weighted by molar-refractivity contribution is 5.90. The molecule has 0 spiro atoms. The molecule has 26 heavy (non-hydrogen) atoms. The van der Waals surface area contributed by atoms with E-state index in [0.717, 1.165) is 35.0 Å². The smallest absolute Gasteiger partial charge is 0.181 e. The maximum atomic E-state index is 13.8. The number of aromatic amines is 1. The lowest BCUT2D eigenvalue weighted by molar-refractivity contribution is 0.489. The molecule has 1 atom stereocenters. The Bertz CT molecular complexity index is 956. The fourth-order valence-electron chi connectivity index (χ4n) is 3.47. The number of rotatable bonds is 4. The fourth-order valence-corrected chi connectivity index (χ4v) is 3.47. The highest BCUT2D eigenvalue weighted by Gasteiger charge is 2.36. The maximum Gasteiger partial charge on any atom is 0.181 e. The van der Waals surface area contributed by atoms with Gasteiger partial charge in [-0.05, 0) is 31.0 Å². The van der Waals surface area contributed by atoms with Crippen LogP contribution >= 0.6 is 0 Å². The van der Waals surface area contributed by atoms with Gasteiger partial charge in [-0.1, -0.05) is 6.07 Å². The molecule has 6 nitrogen and oxygen atoms in total. The van der Waals surface area contributed by atoms with Crippen molar-refractivity contribution in [1.29, 1.82) is 0 Å². The van der Waals surface area contributed by atoms with E-state index < -0.39 is 17.2 Å². The number of benzene rings is 1. The number of fused-ring (bicyclic) bond motifs is 1. The quantitative estimate of drug-likeness (QED) is 0.668. The van der Waals surface area contributed by atoms with E-state index in [1.165, 1.54) is 18.5 Å². The Labute approximate surface area is 149 Å². The highest BCUT2D eigenvalue weighted by atomic mass is 19.2. The van der Waals surface area contributed by atoms with Gasteiger partial charge in [-0.15, -0.1) is 0 Å². The van der Waals surface area contributed by atoms with Crippen molar-refractivity contribution in [3.05, 3.63) is 47.9 Å². The molecule has 1 aliphatic rings. The number of H-pyrrole nitrogens is 1. The standard InChI is InChI=1S/C18H20F2N6/c1-11-7-22-16-14(11)17(25-10-24-16)26-6-5-18(21,9-26)8-23-13-4-2-3-12(19)15(13)20/h2-4,7,10,23H,5-6,8-9,21H2,1H3,(H,22,24,25). The van der Waals surface area contributed by atoms with Gasteiger partial charge in [-0.3, -0.25) is 0 Å². The third kappa shape index (κ3) is 2.86. The summed E-state index contributed by atoms with van der Waals surface area (Å²) in [5, 5.41) is 3.93. The second-order valence-corrected chi connectivity index (χ2v) is 6.88. The molecule has 2 aromatic heterocycles. The minimum Gasteiger partial charge on any atom is -0.381 e. The van der Waals surface area contributed by atoms with E-state index in [0.29, 0.717) is 19.5 Å². The Morgan fingerprint density at radius 1 is 1.35 bits per heavy atom. The lowest BCUT2D eigenvalue weighted by Gasteiger charge is -2.26. The van der Waals surface area contributed by atoms with Crippen LogP contribution in [0.15, 0.2) is 30.7 Å². The van der Waals surface area contributed by atoms with Crippen molar-refractivity contribution in [3.63, 3.8) is 0 Å². The molecule has 1 aromatic carbocycles. The molecule has 136 valence electrons. The van der Waals surface area contributed by atoms with Crippen molar-refractivity contribution in [2.75, 3.05) is 29.9 Å². The predicted octanol–water partition coefficient (Wildman–Crippen LogP) is 2.56. The van der Waals surface area contributed by atoms with E-state index in [1.807, 2.05) is 13.1 Å². The molecule has 4 N–H and O–H groups in total. The second-order valence-electron chi connectivity index (χ2n) is 6.88. The molecule has 0 amide bonds. The zero-order valence-electron chi connectivity index (χ0n) is 14.4. The Kier molecular flexibility index (Phi) is 3.99. The summed E-state index contributed by atoms with van der Waals surface area (Å²) >= 11 is 0. The summed E-state index contributed by atoms with van der Waals surface area (Å²) in [6.45, 7) is 3.64. The van der Waals surface area contributed by atoms with E-state index >= 15 is 0 Å². The average molecular weight is 358 g/mol. The van der Waals surface area contributed by atoms with E-state index in [2.05, 4.69) is 25.2 Å². The van der Waals surface area contributed by atoms with Crippen LogP contribution in [0.3, 0.4) is 0 Å². The molecule has 4 rings (SSSR count). The summed E-state index contributed by atoms with van der Waals surface area (Å²) in [7, 11) is 0. The van der Waals surface area contributed by atoms with Crippen molar-refractivity contribution < 1.29 is 8.78 Å². The third-order valence-corrected chi connectivity index (χ3v) is 4.91. The average Bonchev–Trinajstić information content (AvgIpc) is 3.20. The first-order valence-corrected chi connectivity index (χ1v) is 8.47. The third-order valence-electron chi connectivity index (χ3n) is 4.91. The van der Waals surface area contributed by atoms with Crippen molar-refractivity contribution in [2.24, 2.45) is 5.73 Å². The lowest BCUT2D eigenvalue weighted by Crippen LogP contribution is -2.48. The first-order valence-electron chi connectivity index (χ1n) is 8.47. The van der Waals surface area contributed by atoms with Gasteiger partial charge in [0.25, 0.3) is 0 Å². The van der Waals surface area contributed by atoms with Crippen LogP contribution in [0.25, 0.3) is 11.0 Å². The zero-order chi connectivity index (χ0) is 18.3. The number of nitrogens with one attached hydrogen (secondary N) is 2. The van der Waals surface area contributed by atoms with Crippen molar-refractivity contribution in [2.45, 2.75) is 18.9 Å². The molecule has 3 aromatic rings. The number of nitrogens with two attached hydrogens (primary N) is 1.